The van der Waals surface area contributed by atoms with E-state index in [0.29, 0.717) is 11.3 Å². The van der Waals surface area contributed by atoms with E-state index in [1.165, 1.54) is 11.1 Å². The third-order valence-corrected chi connectivity index (χ3v) is 3.67. The Balaban J connectivity index is 1.68. The SMILES string of the molecule is Nc1ccccc1C(=O)Nc1ccc(Cc2ccccc2)cc1. The van der Waals surface area contributed by atoms with Crippen molar-refractivity contribution in [3.8, 4) is 0 Å². The molecule has 23 heavy (non-hydrogen) atoms. The number of nitrogens with one attached hydrogen (secondary N) is 1. The van der Waals surface area contributed by atoms with Gasteiger partial charge < -0.3 is 11.1 Å². The van der Waals surface area contributed by atoms with Crippen LogP contribution in [0.3, 0.4) is 0 Å². The Morgan fingerprint density at radius 2 is 1.39 bits per heavy atom. The van der Waals surface area contributed by atoms with Crippen LogP contribution in [-0.2, 0) is 6.42 Å². The fraction of sp³-hybridized carbons (Fsp3) is 0.0500. The molecule has 0 unspecified atom stereocenters. The molecule has 0 radical (unpaired) electrons. The van der Waals surface area contributed by atoms with Crippen molar-refractivity contribution in [3.63, 3.8) is 0 Å². The van der Waals surface area contributed by atoms with Crippen LogP contribution in [0, 0.1) is 0 Å². The summed E-state index contributed by atoms with van der Waals surface area (Å²) in [7, 11) is 0. The lowest BCUT2D eigenvalue weighted by Gasteiger charge is -2.08. The molecule has 0 saturated heterocycles. The molecule has 0 saturated carbocycles. The molecular formula is C20H18N2O. The highest BCUT2D eigenvalue weighted by molar-refractivity contribution is 6.07. The van der Waals surface area contributed by atoms with Gasteiger partial charge in [0.2, 0.25) is 0 Å². The van der Waals surface area contributed by atoms with Gasteiger partial charge in [0, 0.05) is 11.4 Å². The van der Waals surface area contributed by atoms with E-state index in [9.17, 15) is 4.79 Å². The molecule has 3 N–H and O–H groups in total. The highest BCUT2D eigenvalue weighted by atomic mass is 16.1. The second-order valence-electron chi connectivity index (χ2n) is 5.40. The zero-order valence-corrected chi connectivity index (χ0v) is 12.7. The van der Waals surface area contributed by atoms with E-state index >= 15 is 0 Å². The largest absolute Gasteiger partial charge is 0.398 e. The molecule has 0 heterocycles. The summed E-state index contributed by atoms with van der Waals surface area (Å²) < 4.78 is 0. The average Bonchev–Trinajstić information content (AvgIpc) is 2.58. The molecule has 0 spiro atoms. The predicted octanol–water partition coefficient (Wildman–Crippen LogP) is 4.11. The van der Waals surface area contributed by atoms with Gasteiger partial charge in [-0.15, -0.1) is 0 Å². The first kappa shape index (κ1) is 14.9. The van der Waals surface area contributed by atoms with Gasteiger partial charge in [-0.3, -0.25) is 4.79 Å². The normalized spacial score (nSPS) is 10.3. The fourth-order valence-corrected chi connectivity index (χ4v) is 2.44. The van der Waals surface area contributed by atoms with Crippen LogP contribution in [0.15, 0.2) is 78.9 Å². The van der Waals surface area contributed by atoms with E-state index < -0.39 is 0 Å². The second-order valence-corrected chi connectivity index (χ2v) is 5.40. The van der Waals surface area contributed by atoms with Crippen LogP contribution in [0.25, 0.3) is 0 Å². The van der Waals surface area contributed by atoms with Crippen molar-refractivity contribution in [1.82, 2.24) is 0 Å². The Labute approximate surface area is 135 Å². The molecule has 0 aromatic heterocycles. The molecule has 3 aromatic carbocycles. The summed E-state index contributed by atoms with van der Waals surface area (Å²) in [5.74, 6) is -0.195. The Hall–Kier alpha value is -3.07. The minimum atomic E-state index is -0.195. The van der Waals surface area contributed by atoms with Crippen molar-refractivity contribution in [2.75, 3.05) is 11.1 Å². The number of para-hydroxylation sites is 1. The first-order valence-corrected chi connectivity index (χ1v) is 7.51. The zero-order chi connectivity index (χ0) is 16.1. The van der Waals surface area contributed by atoms with Crippen LogP contribution in [0.4, 0.5) is 11.4 Å². The highest BCUT2D eigenvalue weighted by Gasteiger charge is 2.08. The molecule has 0 aliphatic heterocycles. The summed E-state index contributed by atoms with van der Waals surface area (Å²) in [6.45, 7) is 0. The molecule has 0 fully saturated rings. The summed E-state index contributed by atoms with van der Waals surface area (Å²) in [5, 5.41) is 2.87. The van der Waals surface area contributed by atoms with E-state index in [1.54, 1.807) is 18.2 Å². The van der Waals surface area contributed by atoms with Gasteiger partial charge >= 0.3 is 0 Å². The van der Waals surface area contributed by atoms with Crippen molar-refractivity contribution in [1.29, 1.82) is 0 Å². The van der Waals surface area contributed by atoms with Crippen LogP contribution in [0.5, 0.6) is 0 Å². The first-order valence-electron chi connectivity index (χ1n) is 7.51. The van der Waals surface area contributed by atoms with Gasteiger partial charge in [0.05, 0.1) is 5.56 Å². The molecular weight excluding hydrogens is 284 g/mol. The van der Waals surface area contributed by atoms with E-state index in [4.69, 9.17) is 5.73 Å². The Morgan fingerprint density at radius 1 is 0.783 bits per heavy atom. The van der Waals surface area contributed by atoms with Crippen LogP contribution in [0.2, 0.25) is 0 Å². The van der Waals surface area contributed by atoms with Gasteiger partial charge in [-0.1, -0.05) is 54.6 Å². The van der Waals surface area contributed by atoms with Gasteiger partial charge in [0.1, 0.15) is 0 Å². The Bertz CT molecular complexity index is 795. The number of hydrogen-bond acceptors (Lipinski definition) is 2. The minimum Gasteiger partial charge on any atom is -0.398 e. The number of amides is 1. The minimum absolute atomic E-state index is 0.195. The predicted molar refractivity (Wildman–Crippen MR) is 94.5 cm³/mol. The van der Waals surface area contributed by atoms with Crippen molar-refractivity contribution in [2.24, 2.45) is 0 Å². The van der Waals surface area contributed by atoms with E-state index in [1.807, 2.05) is 48.5 Å². The van der Waals surface area contributed by atoms with Crippen molar-refractivity contribution in [3.05, 3.63) is 95.6 Å². The number of hydrogen-bond donors (Lipinski definition) is 2. The van der Waals surface area contributed by atoms with E-state index in [2.05, 4.69) is 17.4 Å². The van der Waals surface area contributed by atoms with Gasteiger partial charge in [0.15, 0.2) is 0 Å². The summed E-state index contributed by atoms with van der Waals surface area (Å²) in [4.78, 5) is 12.2. The van der Waals surface area contributed by atoms with Gasteiger partial charge in [0.25, 0.3) is 5.91 Å². The number of carbonyl (C=O) groups excluding carboxylic acids is 1. The average molecular weight is 302 g/mol. The third kappa shape index (κ3) is 3.77. The highest BCUT2D eigenvalue weighted by Crippen LogP contribution is 2.16. The molecule has 0 atom stereocenters. The topological polar surface area (TPSA) is 55.1 Å². The molecule has 3 rings (SSSR count). The lowest BCUT2D eigenvalue weighted by Crippen LogP contribution is -2.13. The summed E-state index contributed by atoms with van der Waals surface area (Å²) in [5.41, 5.74) is 10.0. The number of anilines is 2. The van der Waals surface area contributed by atoms with Gasteiger partial charge in [-0.25, -0.2) is 0 Å². The molecule has 0 bridgehead atoms. The number of carbonyl (C=O) groups is 1. The number of nitrogen functional groups attached to an aromatic ring is 1. The number of rotatable bonds is 4. The quantitative estimate of drug-likeness (QED) is 0.713. The Morgan fingerprint density at radius 3 is 2.09 bits per heavy atom. The maximum absolute atomic E-state index is 12.2. The smallest absolute Gasteiger partial charge is 0.257 e. The van der Waals surface area contributed by atoms with E-state index in [-0.39, 0.29) is 5.91 Å². The zero-order valence-electron chi connectivity index (χ0n) is 12.7. The van der Waals surface area contributed by atoms with Crippen molar-refractivity contribution in [2.45, 2.75) is 6.42 Å². The summed E-state index contributed by atoms with van der Waals surface area (Å²) >= 11 is 0. The molecule has 114 valence electrons. The number of nitrogens with two attached hydrogens (primary N) is 1. The lowest BCUT2D eigenvalue weighted by molar-refractivity contribution is 0.102. The van der Waals surface area contributed by atoms with Crippen molar-refractivity contribution >= 4 is 17.3 Å². The third-order valence-electron chi connectivity index (χ3n) is 3.67. The molecule has 3 heteroatoms. The second kappa shape index (κ2) is 6.79. The standard InChI is InChI=1S/C20H18N2O/c21-19-9-5-4-8-18(19)20(23)22-17-12-10-16(11-13-17)14-15-6-2-1-3-7-15/h1-13H,14,21H2,(H,22,23). The molecule has 3 nitrogen and oxygen atoms in total. The van der Waals surface area contributed by atoms with Crippen molar-refractivity contribution < 1.29 is 4.79 Å². The number of benzene rings is 3. The van der Waals surface area contributed by atoms with Crippen LogP contribution < -0.4 is 11.1 Å². The maximum Gasteiger partial charge on any atom is 0.257 e. The molecule has 0 aliphatic carbocycles. The van der Waals surface area contributed by atoms with Crippen LogP contribution in [-0.4, -0.2) is 5.91 Å². The van der Waals surface area contributed by atoms with Gasteiger partial charge in [-0.05, 0) is 41.8 Å². The molecule has 0 aliphatic rings. The van der Waals surface area contributed by atoms with Gasteiger partial charge in [-0.2, -0.15) is 0 Å². The molecule has 3 aromatic rings. The summed E-state index contributed by atoms with van der Waals surface area (Å²) in [6, 6.07) is 25.2. The maximum atomic E-state index is 12.2. The monoisotopic (exact) mass is 302 g/mol. The summed E-state index contributed by atoms with van der Waals surface area (Å²) in [6.07, 6.45) is 0.876. The molecule has 1 amide bonds. The van der Waals surface area contributed by atoms with Crippen LogP contribution in [0.1, 0.15) is 21.5 Å². The van der Waals surface area contributed by atoms with E-state index in [0.717, 1.165) is 12.1 Å². The van der Waals surface area contributed by atoms with Crippen LogP contribution >= 0.6 is 0 Å². The lowest BCUT2D eigenvalue weighted by atomic mass is 10.0. The first-order chi connectivity index (χ1) is 11.2. The Kier molecular flexibility index (Phi) is 4.39. The fourth-order valence-electron chi connectivity index (χ4n) is 2.44.